The van der Waals surface area contributed by atoms with E-state index in [1.165, 1.54) is 18.2 Å². The minimum Gasteiger partial charge on any atom is -0.282 e. The molecule has 20 heavy (non-hydrogen) atoms. The minimum atomic E-state index is -4.40. The summed E-state index contributed by atoms with van der Waals surface area (Å²) in [5.74, 6) is -0.691. The monoisotopic (exact) mass is 326 g/mol. The van der Waals surface area contributed by atoms with Gasteiger partial charge < -0.3 is 0 Å². The molecule has 0 saturated carbocycles. The first-order chi connectivity index (χ1) is 9.13. The summed E-state index contributed by atoms with van der Waals surface area (Å²) in [7, 11) is -3.97. The van der Waals surface area contributed by atoms with E-state index in [0.29, 0.717) is 0 Å². The van der Waals surface area contributed by atoms with Gasteiger partial charge in [0.05, 0.1) is 17.0 Å². The Kier molecular flexibility index (Phi) is 5.25. The number of alkyl halides is 3. The Hall–Kier alpha value is -1.46. The summed E-state index contributed by atoms with van der Waals surface area (Å²) in [5, 5.41) is 9.02. The van der Waals surface area contributed by atoms with Crippen LogP contribution in [0.15, 0.2) is 18.2 Å². The molecule has 0 bridgehead atoms. The van der Waals surface area contributed by atoms with E-state index in [0.717, 1.165) is 0 Å². The number of hydrogen-bond acceptors (Lipinski definition) is 3. The molecule has 0 saturated heterocycles. The van der Waals surface area contributed by atoms with Crippen LogP contribution in [-0.4, -0.2) is 20.3 Å². The summed E-state index contributed by atoms with van der Waals surface area (Å²) in [4.78, 5) is 0. The van der Waals surface area contributed by atoms with Gasteiger partial charge >= 0.3 is 6.18 Å². The predicted molar refractivity (Wildman–Crippen MR) is 68.9 cm³/mol. The molecule has 9 heteroatoms. The lowest BCUT2D eigenvalue weighted by Crippen LogP contribution is -2.19. The number of nitriles is 1. The molecule has 0 fully saturated rings. The zero-order valence-electron chi connectivity index (χ0n) is 10.0. The third-order valence-electron chi connectivity index (χ3n) is 2.24. The average Bonchev–Trinajstić information content (AvgIpc) is 2.26. The first-order valence-electron chi connectivity index (χ1n) is 5.40. The van der Waals surface area contributed by atoms with Gasteiger partial charge in [0.2, 0.25) is 10.0 Å². The summed E-state index contributed by atoms with van der Waals surface area (Å²) in [6.45, 7) is 0. The summed E-state index contributed by atoms with van der Waals surface area (Å²) < 4.78 is 61.2. The molecule has 0 spiro atoms. The van der Waals surface area contributed by atoms with E-state index in [9.17, 15) is 21.6 Å². The van der Waals surface area contributed by atoms with Gasteiger partial charge in [-0.3, -0.25) is 4.72 Å². The maximum Gasteiger partial charge on any atom is 0.389 e. The second-order valence-electron chi connectivity index (χ2n) is 3.94. The molecule has 0 atom stereocenters. The molecular formula is C11H10ClF3N2O2S. The molecule has 1 rings (SSSR count). The molecule has 0 aliphatic carbocycles. The molecule has 0 aliphatic heterocycles. The molecule has 0 aromatic heterocycles. The van der Waals surface area contributed by atoms with Crippen LogP contribution in [-0.2, 0) is 10.0 Å². The quantitative estimate of drug-likeness (QED) is 0.902. The fourth-order valence-corrected chi connectivity index (χ4v) is 2.68. The number of sulfonamides is 1. The number of rotatable bonds is 5. The van der Waals surface area contributed by atoms with Crippen LogP contribution in [0, 0.1) is 11.3 Å². The van der Waals surface area contributed by atoms with Crippen LogP contribution in [0.3, 0.4) is 0 Å². The first-order valence-corrected chi connectivity index (χ1v) is 7.43. The van der Waals surface area contributed by atoms with E-state index < -0.39 is 34.8 Å². The van der Waals surface area contributed by atoms with Gasteiger partial charge in [-0.15, -0.1) is 0 Å². The predicted octanol–water partition coefficient (Wildman–Crippen LogP) is 3.30. The van der Waals surface area contributed by atoms with E-state index in [1.807, 2.05) is 0 Å². The van der Waals surface area contributed by atoms with Crippen LogP contribution in [0.5, 0.6) is 0 Å². The number of nitrogens with one attached hydrogen (secondary N) is 1. The molecule has 0 heterocycles. The van der Waals surface area contributed by atoms with E-state index in [2.05, 4.69) is 4.72 Å². The van der Waals surface area contributed by atoms with Crippen molar-refractivity contribution in [2.75, 3.05) is 10.5 Å². The van der Waals surface area contributed by atoms with Crippen molar-refractivity contribution >= 4 is 27.3 Å². The van der Waals surface area contributed by atoms with E-state index >= 15 is 0 Å². The Morgan fingerprint density at radius 2 is 2.00 bits per heavy atom. The van der Waals surface area contributed by atoms with Gasteiger partial charge in [0.1, 0.15) is 6.07 Å². The highest BCUT2D eigenvalue weighted by Gasteiger charge is 2.27. The van der Waals surface area contributed by atoms with Crippen molar-refractivity contribution in [3.8, 4) is 6.07 Å². The highest BCUT2D eigenvalue weighted by atomic mass is 35.5. The van der Waals surface area contributed by atoms with Crippen LogP contribution in [0.25, 0.3) is 0 Å². The highest BCUT2D eigenvalue weighted by molar-refractivity contribution is 7.92. The Morgan fingerprint density at radius 3 is 2.55 bits per heavy atom. The fourth-order valence-electron chi connectivity index (χ4n) is 1.38. The van der Waals surface area contributed by atoms with Crippen molar-refractivity contribution < 1.29 is 21.6 Å². The smallest absolute Gasteiger partial charge is 0.282 e. The van der Waals surface area contributed by atoms with Gasteiger partial charge in [-0.2, -0.15) is 18.4 Å². The Morgan fingerprint density at radius 1 is 1.35 bits per heavy atom. The number of hydrogen-bond donors (Lipinski definition) is 1. The minimum absolute atomic E-state index is 0.0359. The second kappa shape index (κ2) is 6.33. The molecule has 1 aromatic carbocycles. The second-order valence-corrected chi connectivity index (χ2v) is 6.22. The maximum atomic E-state index is 12.0. The first kappa shape index (κ1) is 16.6. The van der Waals surface area contributed by atoms with E-state index in [-0.39, 0.29) is 16.3 Å². The van der Waals surface area contributed by atoms with E-state index in [4.69, 9.17) is 16.9 Å². The lowest BCUT2D eigenvalue weighted by Gasteiger charge is -2.10. The van der Waals surface area contributed by atoms with Crippen molar-refractivity contribution in [1.29, 1.82) is 5.26 Å². The van der Waals surface area contributed by atoms with Crippen molar-refractivity contribution in [3.05, 3.63) is 28.8 Å². The lowest BCUT2D eigenvalue weighted by atomic mass is 10.2. The number of nitrogens with zero attached hydrogens (tertiary/aromatic N) is 1. The third-order valence-corrected chi connectivity index (χ3v) is 3.83. The number of halogens is 4. The fraction of sp³-hybridized carbons (Fsp3) is 0.364. The number of anilines is 1. The van der Waals surface area contributed by atoms with Crippen molar-refractivity contribution in [1.82, 2.24) is 0 Å². The maximum absolute atomic E-state index is 12.0. The summed E-state index contributed by atoms with van der Waals surface area (Å²) in [6.07, 6.45) is -6.14. The van der Waals surface area contributed by atoms with Crippen molar-refractivity contribution in [2.45, 2.75) is 19.0 Å². The van der Waals surface area contributed by atoms with Crippen LogP contribution in [0.1, 0.15) is 18.4 Å². The van der Waals surface area contributed by atoms with E-state index in [1.54, 1.807) is 6.07 Å². The molecule has 1 aromatic rings. The Balaban J connectivity index is 2.77. The van der Waals surface area contributed by atoms with Gasteiger partial charge in [0.25, 0.3) is 0 Å². The highest BCUT2D eigenvalue weighted by Crippen LogP contribution is 2.24. The third kappa shape index (κ3) is 5.67. The molecule has 4 nitrogen and oxygen atoms in total. The zero-order valence-corrected chi connectivity index (χ0v) is 11.6. The topological polar surface area (TPSA) is 70.0 Å². The Bertz CT molecular complexity index is 624. The van der Waals surface area contributed by atoms with Gasteiger partial charge in [-0.25, -0.2) is 8.42 Å². The van der Waals surface area contributed by atoms with Crippen LogP contribution in [0.4, 0.5) is 18.9 Å². The molecule has 0 unspecified atom stereocenters. The van der Waals surface area contributed by atoms with Gasteiger partial charge in [-0.05, 0) is 24.6 Å². The normalized spacial score (nSPS) is 11.9. The van der Waals surface area contributed by atoms with Gasteiger partial charge in [0.15, 0.2) is 0 Å². The van der Waals surface area contributed by atoms with Crippen molar-refractivity contribution in [2.24, 2.45) is 0 Å². The Labute approximate surface area is 119 Å². The summed E-state index contributed by atoms with van der Waals surface area (Å²) >= 11 is 5.67. The van der Waals surface area contributed by atoms with Crippen LogP contribution in [0.2, 0.25) is 5.02 Å². The number of benzene rings is 1. The molecular weight excluding hydrogens is 317 g/mol. The van der Waals surface area contributed by atoms with Crippen LogP contribution < -0.4 is 4.72 Å². The summed E-state index contributed by atoms with van der Waals surface area (Å²) in [6, 6.07) is 5.70. The lowest BCUT2D eigenvalue weighted by molar-refractivity contribution is -0.134. The standard InChI is InChI=1S/C11H10ClF3N2O2S/c12-9-3-2-8(7-16)10(6-9)17-20(18,19)5-1-4-11(13,14)15/h2-3,6,17H,1,4-5H2. The molecule has 0 radical (unpaired) electrons. The molecule has 1 N–H and O–H groups in total. The van der Waals surface area contributed by atoms with Gasteiger partial charge in [0, 0.05) is 11.4 Å². The average molecular weight is 327 g/mol. The SMILES string of the molecule is N#Cc1ccc(Cl)cc1NS(=O)(=O)CCCC(F)(F)F. The van der Waals surface area contributed by atoms with Crippen LogP contribution >= 0.6 is 11.6 Å². The molecule has 110 valence electrons. The molecule has 0 aliphatic rings. The largest absolute Gasteiger partial charge is 0.389 e. The van der Waals surface area contributed by atoms with Gasteiger partial charge in [-0.1, -0.05) is 11.6 Å². The summed E-state index contributed by atoms with van der Waals surface area (Å²) in [5.41, 5.74) is -0.0131. The molecule has 0 amide bonds. The zero-order chi connectivity index (χ0) is 15.4. The van der Waals surface area contributed by atoms with Crippen molar-refractivity contribution in [3.63, 3.8) is 0 Å².